The highest BCUT2D eigenvalue weighted by Crippen LogP contribution is 2.20. The van der Waals surface area contributed by atoms with Crippen LogP contribution in [0.1, 0.15) is 10.4 Å². The van der Waals surface area contributed by atoms with Crippen LogP contribution in [0.5, 0.6) is 0 Å². The van der Waals surface area contributed by atoms with Crippen LogP contribution in [0.3, 0.4) is 0 Å². The number of rotatable bonds is 4. The van der Waals surface area contributed by atoms with Gasteiger partial charge in [0.25, 0.3) is 0 Å². The summed E-state index contributed by atoms with van der Waals surface area (Å²) < 4.78 is 26.1. The lowest BCUT2D eigenvalue weighted by atomic mass is 10.1. The summed E-state index contributed by atoms with van der Waals surface area (Å²) in [5, 5.41) is 13.1. The van der Waals surface area contributed by atoms with Gasteiger partial charge in [-0.15, -0.1) is 0 Å². The molecule has 0 unspecified atom stereocenters. The van der Waals surface area contributed by atoms with E-state index < -0.39 is 40.8 Å². The number of carboxylic acid groups (broad SMARTS) is 1. The van der Waals surface area contributed by atoms with Crippen molar-refractivity contribution in [2.45, 2.75) is 0 Å². The van der Waals surface area contributed by atoms with Crippen molar-refractivity contribution in [2.75, 3.05) is 26.0 Å². The first-order valence-corrected chi connectivity index (χ1v) is 5.69. The summed E-state index contributed by atoms with van der Waals surface area (Å²) in [5.41, 5.74) is -1.03. The monoisotopic (exact) mass is 301 g/mol. The minimum atomic E-state index is -1.53. The van der Waals surface area contributed by atoms with E-state index in [1.807, 2.05) is 5.32 Å². The third-order valence-electron chi connectivity index (χ3n) is 2.44. The Morgan fingerprint density at radius 3 is 2.29 bits per heavy atom. The third kappa shape index (κ3) is 4.41. The van der Waals surface area contributed by atoms with E-state index in [1.54, 1.807) is 0 Å². The predicted molar refractivity (Wildman–Crippen MR) is 69.0 cm³/mol. The summed E-state index contributed by atoms with van der Waals surface area (Å²) in [7, 11) is 2.97. The molecule has 0 aliphatic rings. The number of anilines is 1. The molecule has 1 aromatic rings. The zero-order chi connectivity index (χ0) is 16.2. The highest BCUT2D eigenvalue weighted by atomic mass is 19.2. The number of nitrogens with one attached hydrogen (secondary N) is 2. The molecular formula is C12H13F2N3O4. The van der Waals surface area contributed by atoms with Crippen LogP contribution < -0.4 is 10.6 Å². The highest BCUT2D eigenvalue weighted by Gasteiger charge is 2.17. The molecule has 7 nitrogen and oxygen atoms in total. The van der Waals surface area contributed by atoms with E-state index in [9.17, 15) is 23.2 Å². The van der Waals surface area contributed by atoms with Gasteiger partial charge in [-0.2, -0.15) is 0 Å². The van der Waals surface area contributed by atoms with Crippen LogP contribution in [0.2, 0.25) is 0 Å². The number of urea groups is 1. The fourth-order valence-corrected chi connectivity index (χ4v) is 1.31. The molecule has 9 heteroatoms. The summed E-state index contributed by atoms with van der Waals surface area (Å²) in [6, 6.07) is 0.0865. The SMILES string of the molecule is CN(C)C(=O)CNC(=O)Nc1cc(F)c(F)cc1C(=O)O. The first kappa shape index (κ1) is 16.3. The molecular weight excluding hydrogens is 288 g/mol. The standard InChI is InChI=1S/C12H13F2N3O4/c1-17(2)10(18)5-15-12(21)16-9-4-8(14)7(13)3-6(9)11(19)20/h3-4H,5H2,1-2H3,(H,19,20)(H2,15,16,21). The van der Waals surface area contributed by atoms with Gasteiger partial charge in [0.2, 0.25) is 5.91 Å². The molecule has 0 radical (unpaired) electrons. The normalized spacial score (nSPS) is 9.90. The van der Waals surface area contributed by atoms with Gasteiger partial charge >= 0.3 is 12.0 Å². The van der Waals surface area contributed by atoms with Crippen LogP contribution in [0.25, 0.3) is 0 Å². The Morgan fingerprint density at radius 2 is 1.76 bits per heavy atom. The largest absolute Gasteiger partial charge is 0.478 e. The van der Waals surface area contributed by atoms with E-state index >= 15 is 0 Å². The third-order valence-corrected chi connectivity index (χ3v) is 2.44. The minimum Gasteiger partial charge on any atom is -0.478 e. The Morgan fingerprint density at radius 1 is 1.19 bits per heavy atom. The van der Waals surface area contributed by atoms with Crippen molar-refractivity contribution in [1.82, 2.24) is 10.2 Å². The molecule has 0 atom stereocenters. The molecule has 0 bridgehead atoms. The number of carbonyl (C=O) groups excluding carboxylic acids is 2. The average Bonchev–Trinajstić information content (AvgIpc) is 2.39. The zero-order valence-electron chi connectivity index (χ0n) is 11.2. The van der Waals surface area contributed by atoms with Gasteiger partial charge in [0.05, 0.1) is 17.8 Å². The Hall–Kier alpha value is -2.71. The van der Waals surface area contributed by atoms with Gasteiger partial charge in [0.15, 0.2) is 11.6 Å². The zero-order valence-corrected chi connectivity index (χ0v) is 11.2. The van der Waals surface area contributed by atoms with Crippen LogP contribution in [-0.4, -0.2) is 48.6 Å². The number of carboxylic acids is 1. The Labute approximate surface area is 118 Å². The number of likely N-dealkylation sites (N-methyl/N-ethyl adjacent to an activating group) is 1. The first-order chi connectivity index (χ1) is 9.72. The summed E-state index contributed by atoms with van der Waals surface area (Å²) in [6.07, 6.45) is 0. The molecule has 1 aromatic carbocycles. The topological polar surface area (TPSA) is 98.7 Å². The maximum absolute atomic E-state index is 13.1. The second-order valence-corrected chi connectivity index (χ2v) is 4.21. The van der Waals surface area contributed by atoms with Crippen LogP contribution in [0.4, 0.5) is 19.3 Å². The Balaban J connectivity index is 2.83. The molecule has 0 saturated heterocycles. The van der Waals surface area contributed by atoms with Gasteiger partial charge in [-0.3, -0.25) is 4.79 Å². The maximum atomic E-state index is 13.1. The summed E-state index contributed by atoms with van der Waals surface area (Å²) in [6.45, 7) is -0.328. The molecule has 3 N–H and O–H groups in total. The van der Waals surface area contributed by atoms with Crippen molar-refractivity contribution in [2.24, 2.45) is 0 Å². The number of carbonyl (C=O) groups is 3. The van der Waals surface area contributed by atoms with E-state index in [0.717, 1.165) is 0 Å². The lowest BCUT2D eigenvalue weighted by Gasteiger charge is -2.12. The number of hydrogen-bond acceptors (Lipinski definition) is 3. The fourth-order valence-electron chi connectivity index (χ4n) is 1.31. The molecule has 0 aliphatic carbocycles. The Kier molecular flexibility index (Phi) is 5.17. The summed E-state index contributed by atoms with van der Waals surface area (Å²) in [4.78, 5) is 34.9. The molecule has 0 fully saturated rings. The quantitative estimate of drug-likeness (QED) is 0.768. The lowest BCUT2D eigenvalue weighted by molar-refractivity contribution is -0.127. The number of benzene rings is 1. The molecule has 0 aliphatic heterocycles. The minimum absolute atomic E-state index is 0.328. The van der Waals surface area contributed by atoms with E-state index in [4.69, 9.17) is 5.11 Å². The van der Waals surface area contributed by atoms with Gasteiger partial charge in [0, 0.05) is 20.2 Å². The Bertz CT molecular complexity index is 590. The summed E-state index contributed by atoms with van der Waals surface area (Å²) >= 11 is 0. The van der Waals surface area contributed by atoms with E-state index in [-0.39, 0.29) is 6.54 Å². The second kappa shape index (κ2) is 6.64. The lowest BCUT2D eigenvalue weighted by Crippen LogP contribution is -2.38. The van der Waals surface area contributed by atoms with Gasteiger partial charge in [-0.25, -0.2) is 18.4 Å². The van der Waals surface area contributed by atoms with Crippen molar-refractivity contribution in [3.8, 4) is 0 Å². The molecule has 21 heavy (non-hydrogen) atoms. The molecule has 3 amide bonds. The van der Waals surface area contributed by atoms with Crippen LogP contribution in [0, 0.1) is 11.6 Å². The van der Waals surface area contributed by atoms with Crippen molar-refractivity contribution in [3.63, 3.8) is 0 Å². The van der Waals surface area contributed by atoms with Gasteiger partial charge in [0.1, 0.15) is 0 Å². The molecule has 114 valence electrons. The van der Waals surface area contributed by atoms with E-state index in [2.05, 4.69) is 5.32 Å². The molecule has 0 spiro atoms. The van der Waals surface area contributed by atoms with Crippen LogP contribution in [0.15, 0.2) is 12.1 Å². The van der Waals surface area contributed by atoms with Crippen molar-refractivity contribution in [1.29, 1.82) is 0 Å². The number of halogens is 2. The van der Waals surface area contributed by atoms with Crippen molar-refractivity contribution in [3.05, 3.63) is 29.3 Å². The predicted octanol–water partition coefficient (Wildman–Crippen LogP) is 0.873. The van der Waals surface area contributed by atoms with Crippen LogP contribution >= 0.6 is 0 Å². The van der Waals surface area contributed by atoms with E-state index in [1.165, 1.54) is 19.0 Å². The number of aromatic carboxylic acids is 1. The second-order valence-electron chi connectivity index (χ2n) is 4.21. The summed E-state index contributed by atoms with van der Waals surface area (Å²) in [5.74, 6) is -4.58. The number of amides is 3. The molecule has 0 heterocycles. The highest BCUT2D eigenvalue weighted by molar-refractivity contribution is 6.00. The maximum Gasteiger partial charge on any atom is 0.337 e. The number of nitrogens with zero attached hydrogens (tertiary/aromatic N) is 1. The average molecular weight is 301 g/mol. The fraction of sp³-hybridized carbons (Fsp3) is 0.250. The first-order valence-electron chi connectivity index (χ1n) is 5.69. The molecule has 0 saturated carbocycles. The number of hydrogen-bond donors (Lipinski definition) is 3. The van der Waals surface area contributed by atoms with Gasteiger partial charge in [-0.05, 0) is 6.07 Å². The smallest absolute Gasteiger partial charge is 0.337 e. The molecule has 0 aromatic heterocycles. The van der Waals surface area contributed by atoms with Crippen molar-refractivity contribution >= 4 is 23.6 Å². The van der Waals surface area contributed by atoms with Crippen molar-refractivity contribution < 1.29 is 28.3 Å². The van der Waals surface area contributed by atoms with E-state index in [0.29, 0.717) is 12.1 Å². The molecule has 1 rings (SSSR count). The van der Waals surface area contributed by atoms with Gasteiger partial charge in [-0.1, -0.05) is 0 Å². The van der Waals surface area contributed by atoms with Crippen LogP contribution in [-0.2, 0) is 4.79 Å². The van der Waals surface area contributed by atoms with Gasteiger partial charge < -0.3 is 20.6 Å².